The maximum atomic E-state index is 12.9. The summed E-state index contributed by atoms with van der Waals surface area (Å²) in [7, 11) is 1.50. The fourth-order valence-corrected chi connectivity index (χ4v) is 13.3. The average molecular weight is 1390 g/mol. The van der Waals surface area contributed by atoms with Gasteiger partial charge in [0, 0.05) is 12.8 Å². The van der Waals surface area contributed by atoms with E-state index in [-0.39, 0.29) is 25.6 Å². The van der Waals surface area contributed by atoms with E-state index in [1.54, 1.807) is 0 Å². The standard InChI is InChI=1S/C88H162NO8P/c1-6-8-10-12-14-16-18-20-22-24-26-28-30-32-34-36-38-40-41-42-43-44-45-46-47-49-51-53-55-57-59-61-63-65-67-69-71-73-75-77-79-81-88(91)97-86(85-96-98(92,93)95-83-82-89(3,4)5)84-94-87(90)80-78-76-74-72-70-68-66-64-62-60-58-56-54-52-50-48-39-37-35-33-31-29-27-25-23-21-19-17-15-13-11-9-7-2/h8,10,14,16,20,22,26,28,32,34,38,40,42-43,86H,6-7,9,11-13,15,17-19,21,23-25,27,29-31,33,35-37,39,41,44-85H2,1-5H3/p+1/b10-8-,16-14-,22-20-,28-26-,34-32-,40-38-,43-42-. The van der Waals surface area contributed by atoms with E-state index >= 15 is 0 Å². The van der Waals surface area contributed by atoms with Crippen molar-refractivity contribution in [3.63, 3.8) is 0 Å². The molecule has 0 fully saturated rings. The lowest BCUT2D eigenvalue weighted by molar-refractivity contribution is -0.870. The topological polar surface area (TPSA) is 108 Å². The molecule has 0 spiro atoms. The maximum absolute atomic E-state index is 12.9. The van der Waals surface area contributed by atoms with Crippen LogP contribution in [0.15, 0.2) is 85.1 Å². The van der Waals surface area contributed by atoms with Crippen LogP contribution in [0.25, 0.3) is 0 Å². The van der Waals surface area contributed by atoms with Crippen molar-refractivity contribution in [3.05, 3.63) is 85.1 Å². The molecule has 0 amide bonds. The van der Waals surface area contributed by atoms with E-state index < -0.39 is 26.5 Å². The number of ether oxygens (including phenoxy) is 2. The first-order valence-corrected chi connectivity index (χ1v) is 43.8. The van der Waals surface area contributed by atoms with E-state index in [2.05, 4.69) is 98.9 Å². The van der Waals surface area contributed by atoms with Crippen molar-refractivity contribution in [1.82, 2.24) is 0 Å². The van der Waals surface area contributed by atoms with Crippen LogP contribution in [0.5, 0.6) is 0 Å². The Balaban J connectivity index is 3.90. The van der Waals surface area contributed by atoms with Crippen LogP contribution in [0.3, 0.4) is 0 Å². The molecule has 0 aromatic rings. The summed E-state index contributed by atoms with van der Waals surface area (Å²) in [5.74, 6) is -0.775. The zero-order valence-electron chi connectivity index (χ0n) is 65.5. The maximum Gasteiger partial charge on any atom is 0.472 e. The third-order valence-corrected chi connectivity index (χ3v) is 19.9. The van der Waals surface area contributed by atoms with Gasteiger partial charge in [-0.1, -0.05) is 414 Å². The molecule has 1 N–H and O–H groups in total. The smallest absolute Gasteiger partial charge is 0.462 e. The van der Waals surface area contributed by atoms with Gasteiger partial charge in [-0.15, -0.1) is 0 Å². The first-order chi connectivity index (χ1) is 48.0. The second kappa shape index (κ2) is 78.3. The van der Waals surface area contributed by atoms with Gasteiger partial charge in [-0.05, 0) is 70.6 Å². The number of quaternary nitrogens is 1. The van der Waals surface area contributed by atoms with Gasteiger partial charge in [0.1, 0.15) is 19.8 Å². The van der Waals surface area contributed by atoms with Gasteiger partial charge in [0.25, 0.3) is 0 Å². The molecule has 0 saturated carbocycles. The number of allylic oxidation sites excluding steroid dienone is 14. The Morgan fingerprint density at radius 3 is 0.867 bits per heavy atom. The quantitative estimate of drug-likeness (QED) is 0.0211. The molecular weight excluding hydrogens is 1230 g/mol. The Kier molecular flexibility index (Phi) is 76.1. The summed E-state index contributed by atoms with van der Waals surface area (Å²) < 4.78 is 34.9. The number of likely N-dealkylation sites (N-methyl/N-ethyl adjacent to an activating group) is 1. The lowest BCUT2D eigenvalue weighted by atomic mass is 10.0. The number of hydrogen-bond acceptors (Lipinski definition) is 7. The predicted octanol–water partition coefficient (Wildman–Crippen LogP) is 28.4. The lowest BCUT2D eigenvalue weighted by Gasteiger charge is -2.24. The number of phosphoric ester groups is 1. The van der Waals surface area contributed by atoms with E-state index in [0.29, 0.717) is 23.9 Å². The van der Waals surface area contributed by atoms with Crippen molar-refractivity contribution in [3.8, 4) is 0 Å². The molecule has 9 nitrogen and oxygen atoms in total. The highest BCUT2D eigenvalue weighted by atomic mass is 31.2. The second-order valence-corrected chi connectivity index (χ2v) is 31.3. The third kappa shape index (κ3) is 82.1. The normalized spacial score (nSPS) is 13.4. The molecule has 0 bridgehead atoms. The first kappa shape index (κ1) is 95.2. The van der Waals surface area contributed by atoms with Crippen LogP contribution in [0.4, 0.5) is 0 Å². The fraction of sp³-hybridized carbons (Fsp3) is 0.818. The monoisotopic (exact) mass is 1390 g/mol. The fourth-order valence-electron chi connectivity index (χ4n) is 12.5. The summed E-state index contributed by atoms with van der Waals surface area (Å²) >= 11 is 0. The van der Waals surface area contributed by atoms with Crippen LogP contribution in [-0.2, 0) is 32.7 Å². The SMILES string of the molecule is CC/C=C\C/C=C\C/C=C\C/C=C\C/C=C\C/C=C\C/C=C\CCCCCCCCCCCCCCCCCCCCCC(=O)OC(COC(=O)CCCCCCCCCCCCCCCCCCCCCCCCCCCCCCCCCCC)COP(=O)(O)OCC[N+](C)(C)C. The highest BCUT2D eigenvalue weighted by molar-refractivity contribution is 7.47. The largest absolute Gasteiger partial charge is 0.472 e. The van der Waals surface area contributed by atoms with E-state index in [1.807, 2.05) is 21.1 Å². The summed E-state index contributed by atoms with van der Waals surface area (Å²) in [6.45, 7) is 4.39. The predicted molar refractivity (Wildman–Crippen MR) is 427 cm³/mol. The molecule has 0 saturated heterocycles. The number of phosphoric acid groups is 1. The van der Waals surface area contributed by atoms with Crippen molar-refractivity contribution < 1.29 is 42.1 Å². The van der Waals surface area contributed by atoms with Crippen molar-refractivity contribution >= 4 is 19.8 Å². The minimum absolute atomic E-state index is 0.0331. The molecule has 0 aliphatic heterocycles. The lowest BCUT2D eigenvalue weighted by Crippen LogP contribution is -2.37. The van der Waals surface area contributed by atoms with Gasteiger partial charge in [-0.3, -0.25) is 18.6 Å². The van der Waals surface area contributed by atoms with Gasteiger partial charge < -0.3 is 18.9 Å². The summed E-state index contributed by atoms with van der Waals surface area (Å²) in [5.41, 5.74) is 0. The molecule has 0 rings (SSSR count). The average Bonchev–Trinajstić information content (AvgIpc) is 1.08. The van der Waals surface area contributed by atoms with E-state index in [1.165, 1.54) is 302 Å². The molecule has 0 heterocycles. The van der Waals surface area contributed by atoms with Gasteiger partial charge >= 0.3 is 19.8 Å². The number of esters is 2. The van der Waals surface area contributed by atoms with Crippen molar-refractivity contribution in [1.29, 1.82) is 0 Å². The molecule has 2 unspecified atom stereocenters. The van der Waals surface area contributed by atoms with Gasteiger partial charge in [0.2, 0.25) is 0 Å². The Hall–Kier alpha value is -2.81. The number of hydrogen-bond donors (Lipinski definition) is 1. The summed E-state index contributed by atoms with van der Waals surface area (Å²) in [6.07, 6.45) is 109. The summed E-state index contributed by atoms with van der Waals surface area (Å²) in [6, 6.07) is 0. The highest BCUT2D eigenvalue weighted by Gasteiger charge is 2.27. The third-order valence-electron chi connectivity index (χ3n) is 18.9. The van der Waals surface area contributed by atoms with Crippen LogP contribution in [-0.4, -0.2) is 74.9 Å². The molecule has 572 valence electrons. The zero-order chi connectivity index (χ0) is 71.1. The van der Waals surface area contributed by atoms with Gasteiger partial charge in [0.15, 0.2) is 6.10 Å². The van der Waals surface area contributed by atoms with Gasteiger partial charge in [0.05, 0.1) is 27.7 Å². The number of carbonyl (C=O) groups excluding carboxylic acids is 2. The molecule has 2 atom stereocenters. The van der Waals surface area contributed by atoms with Gasteiger partial charge in [-0.2, -0.15) is 0 Å². The summed E-state index contributed by atoms with van der Waals surface area (Å²) in [4.78, 5) is 36.0. The van der Waals surface area contributed by atoms with E-state index in [9.17, 15) is 19.0 Å². The van der Waals surface area contributed by atoms with Crippen LogP contribution in [0, 0.1) is 0 Å². The number of carbonyl (C=O) groups is 2. The van der Waals surface area contributed by atoms with Crippen LogP contribution >= 0.6 is 7.82 Å². The summed E-state index contributed by atoms with van der Waals surface area (Å²) in [5, 5.41) is 0. The Morgan fingerprint density at radius 2 is 0.582 bits per heavy atom. The van der Waals surface area contributed by atoms with E-state index in [4.69, 9.17) is 18.5 Å². The first-order valence-electron chi connectivity index (χ1n) is 42.3. The number of unbranched alkanes of at least 4 members (excludes halogenated alkanes) is 51. The molecule has 0 aliphatic carbocycles. The van der Waals surface area contributed by atoms with Crippen LogP contribution in [0.2, 0.25) is 0 Å². The Bertz CT molecular complexity index is 1930. The molecule has 0 aromatic heterocycles. The molecule has 0 radical (unpaired) electrons. The van der Waals surface area contributed by atoms with Crippen LogP contribution < -0.4 is 0 Å². The van der Waals surface area contributed by atoms with Crippen molar-refractivity contribution in [2.24, 2.45) is 0 Å². The van der Waals surface area contributed by atoms with Gasteiger partial charge in [-0.25, -0.2) is 4.57 Å². The molecular formula is C88H163NO8P+. The molecule has 0 aromatic carbocycles. The zero-order valence-corrected chi connectivity index (χ0v) is 66.4. The molecule has 98 heavy (non-hydrogen) atoms. The minimum Gasteiger partial charge on any atom is -0.462 e. The Labute approximate surface area is 609 Å². The highest BCUT2D eigenvalue weighted by Crippen LogP contribution is 2.43. The molecule has 10 heteroatoms. The molecule has 0 aliphatic rings. The van der Waals surface area contributed by atoms with Crippen molar-refractivity contribution in [2.75, 3.05) is 47.5 Å². The Morgan fingerprint density at radius 1 is 0.327 bits per heavy atom. The van der Waals surface area contributed by atoms with E-state index in [0.717, 1.165) is 77.0 Å². The number of nitrogens with zero attached hydrogens (tertiary/aromatic N) is 1. The van der Waals surface area contributed by atoms with Crippen molar-refractivity contribution in [2.45, 2.75) is 418 Å². The second-order valence-electron chi connectivity index (χ2n) is 29.8. The number of rotatable bonds is 79. The van der Waals surface area contributed by atoms with Crippen LogP contribution in [0.1, 0.15) is 412 Å². The minimum atomic E-state index is -4.40.